The van der Waals surface area contributed by atoms with Gasteiger partial charge < -0.3 is 14.2 Å². The molecule has 4 aromatic rings. The molecule has 1 aromatic heterocycles. The number of hydrogen-bond donors (Lipinski definition) is 0. The molecule has 0 unspecified atom stereocenters. The molecule has 6 nitrogen and oxygen atoms in total. The molecule has 35 heavy (non-hydrogen) atoms. The number of para-hydroxylation sites is 2. The SMILES string of the molecule is CCOc1ccc(CC(=O)N2CCN(Cc3nc4ccccc4n3Cc3ccccc3)CC2)cc1. The van der Waals surface area contributed by atoms with Crippen LogP contribution in [0, 0.1) is 0 Å². The van der Waals surface area contributed by atoms with Crippen molar-refractivity contribution < 1.29 is 9.53 Å². The summed E-state index contributed by atoms with van der Waals surface area (Å²) in [7, 11) is 0. The number of benzene rings is 3. The normalized spacial score (nSPS) is 14.4. The summed E-state index contributed by atoms with van der Waals surface area (Å²) in [6.45, 7) is 7.39. The Morgan fingerprint density at radius 1 is 0.829 bits per heavy atom. The van der Waals surface area contributed by atoms with Crippen molar-refractivity contribution in [3.8, 4) is 5.75 Å². The number of hydrogen-bond acceptors (Lipinski definition) is 4. The van der Waals surface area contributed by atoms with E-state index in [-0.39, 0.29) is 5.91 Å². The molecule has 0 spiro atoms. The van der Waals surface area contributed by atoms with Gasteiger partial charge in [-0.05, 0) is 42.3 Å². The number of amides is 1. The summed E-state index contributed by atoms with van der Waals surface area (Å²) in [5.74, 6) is 2.10. The Labute approximate surface area is 206 Å². The molecule has 0 radical (unpaired) electrons. The van der Waals surface area contributed by atoms with Crippen LogP contribution in [0.5, 0.6) is 5.75 Å². The lowest BCUT2D eigenvalue weighted by Gasteiger charge is -2.34. The molecular formula is C29H32N4O2. The molecule has 0 aliphatic carbocycles. The summed E-state index contributed by atoms with van der Waals surface area (Å²) in [5.41, 5.74) is 4.48. The van der Waals surface area contributed by atoms with Gasteiger partial charge in [0.2, 0.25) is 5.91 Å². The number of nitrogens with zero attached hydrogens (tertiary/aromatic N) is 4. The number of rotatable bonds is 8. The minimum atomic E-state index is 0.185. The van der Waals surface area contributed by atoms with E-state index >= 15 is 0 Å². The van der Waals surface area contributed by atoms with Crippen LogP contribution in [0.1, 0.15) is 23.9 Å². The number of carbonyl (C=O) groups excluding carboxylic acids is 1. The molecule has 2 heterocycles. The predicted octanol–water partition coefficient (Wildman–Crippen LogP) is 4.37. The van der Waals surface area contributed by atoms with E-state index in [1.54, 1.807) is 0 Å². The number of carbonyl (C=O) groups is 1. The Morgan fingerprint density at radius 2 is 1.54 bits per heavy atom. The lowest BCUT2D eigenvalue weighted by molar-refractivity contribution is -0.132. The Balaban J connectivity index is 1.21. The third kappa shape index (κ3) is 5.54. The number of ether oxygens (including phenoxy) is 1. The molecule has 3 aromatic carbocycles. The molecule has 1 aliphatic heterocycles. The maximum Gasteiger partial charge on any atom is 0.227 e. The second-order valence-corrected chi connectivity index (χ2v) is 9.00. The molecule has 1 fully saturated rings. The van der Waals surface area contributed by atoms with Gasteiger partial charge in [0.05, 0.1) is 30.6 Å². The second-order valence-electron chi connectivity index (χ2n) is 9.00. The van der Waals surface area contributed by atoms with E-state index in [2.05, 4.69) is 51.9 Å². The third-order valence-corrected chi connectivity index (χ3v) is 6.60. The quantitative estimate of drug-likeness (QED) is 0.385. The number of piperazine rings is 1. The summed E-state index contributed by atoms with van der Waals surface area (Å²) in [6, 6.07) is 26.7. The number of aromatic nitrogens is 2. The van der Waals surface area contributed by atoms with Crippen LogP contribution in [0.2, 0.25) is 0 Å². The van der Waals surface area contributed by atoms with Gasteiger partial charge in [-0.15, -0.1) is 0 Å². The first-order valence-electron chi connectivity index (χ1n) is 12.4. The van der Waals surface area contributed by atoms with Crippen LogP contribution in [0.15, 0.2) is 78.9 Å². The minimum absolute atomic E-state index is 0.185. The number of imidazole rings is 1. The third-order valence-electron chi connectivity index (χ3n) is 6.60. The van der Waals surface area contributed by atoms with Gasteiger partial charge in [0, 0.05) is 32.7 Å². The van der Waals surface area contributed by atoms with Crippen molar-refractivity contribution in [2.45, 2.75) is 26.4 Å². The fourth-order valence-electron chi connectivity index (χ4n) is 4.70. The van der Waals surface area contributed by atoms with E-state index in [4.69, 9.17) is 9.72 Å². The van der Waals surface area contributed by atoms with E-state index in [1.807, 2.05) is 48.2 Å². The highest BCUT2D eigenvalue weighted by Gasteiger charge is 2.23. The van der Waals surface area contributed by atoms with E-state index in [0.29, 0.717) is 13.0 Å². The highest BCUT2D eigenvalue weighted by Crippen LogP contribution is 2.20. The average molecular weight is 469 g/mol. The predicted molar refractivity (Wildman–Crippen MR) is 138 cm³/mol. The summed E-state index contributed by atoms with van der Waals surface area (Å²) in [5, 5.41) is 0. The summed E-state index contributed by atoms with van der Waals surface area (Å²) < 4.78 is 7.82. The van der Waals surface area contributed by atoms with Gasteiger partial charge in [0.1, 0.15) is 11.6 Å². The first-order chi connectivity index (χ1) is 17.2. The maximum atomic E-state index is 12.9. The Morgan fingerprint density at radius 3 is 2.29 bits per heavy atom. The number of fused-ring (bicyclic) bond motifs is 1. The van der Waals surface area contributed by atoms with Crippen LogP contribution in [0.3, 0.4) is 0 Å². The van der Waals surface area contributed by atoms with Crippen molar-refractivity contribution in [3.05, 3.63) is 95.8 Å². The second kappa shape index (κ2) is 10.7. The Kier molecular flexibility index (Phi) is 7.09. The largest absolute Gasteiger partial charge is 0.494 e. The van der Waals surface area contributed by atoms with Gasteiger partial charge in [-0.3, -0.25) is 9.69 Å². The molecule has 6 heteroatoms. The van der Waals surface area contributed by atoms with Gasteiger partial charge in [0.15, 0.2) is 0 Å². The summed E-state index contributed by atoms with van der Waals surface area (Å²) >= 11 is 0. The van der Waals surface area contributed by atoms with Gasteiger partial charge in [-0.2, -0.15) is 0 Å². The van der Waals surface area contributed by atoms with Gasteiger partial charge in [-0.25, -0.2) is 4.98 Å². The zero-order valence-corrected chi connectivity index (χ0v) is 20.3. The molecule has 5 rings (SSSR count). The van der Waals surface area contributed by atoms with Gasteiger partial charge in [0.25, 0.3) is 0 Å². The Bertz CT molecular complexity index is 1260. The fraction of sp³-hybridized carbons (Fsp3) is 0.310. The van der Waals surface area contributed by atoms with Crippen molar-refractivity contribution in [2.24, 2.45) is 0 Å². The smallest absolute Gasteiger partial charge is 0.227 e. The maximum absolute atomic E-state index is 12.9. The first kappa shape index (κ1) is 23.1. The lowest BCUT2D eigenvalue weighted by atomic mass is 10.1. The molecular weight excluding hydrogens is 436 g/mol. The highest BCUT2D eigenvalue weighted by molar-refractivity contribution is 5.79. The molecule has 0 atom stereocenters. The van der Waals surface area contributed by atoms with E-state index in [0.717, 1.165) is 67.4 Å². The minimum Gasteiger partial charge on any atom is -0.494 e. The van der Waals surface area contributed by atoms with Crippen LogP contribution < -0.4 is 4.74 Å². The zero-order valence-electron chi connectivity index (χ0n) is 20.3. The van der Waals surface area contributed by atoms with E-state index < -0.39 is 0 Å². The lowest BCUT2D eigenvalue weighted by Crippen LogP contribution is -2.49. The summed E-state index contributed by atoms with van der Waals surface area (Å²) in [6.07, 6.45) is 0.430. The van der Waals surface area contributed by atoms with Gasteiger partial charge in [-0.1, -0.05) is 54.6 Å². The van der Waals surface area contributed by atoms with Crippen LogP contribution in [-0.2, 0) is 24.3 Å². The van der Waals surface area contributed by atoms with E-state index in [9.17, 15) is 4.79 Å². The average Bonchev–Trinajstić information content (AvgIpc) is 3.23. The van der Waals surface area contributed by atoms with Crippen LogP contribution in [0.25, 0.3) is 11.0 Å². The molecule has 1 aliphatic rings. The first-order valence-corrected chi connectivity index (χ1v) is 12.4. The van der Waals surface area contributed by atoms with Crippen molar-refractivity contribution >= 4 is 16.9 Å². The Hall–Kier alpha value is -3.64. The molecule has 1 saturated heterocycles. The monoisotopic (exact) mass is 468 g/mol. The molecule has 180 valence electrons. The van der Waals surface area contributed by atoms with Crippen molar-refractivity contribution in [3.63, 3.8) is 0 Å². The standard InChI is InChI=1S/C29H32N4O2/c1-2-35-25-14-12-23(13-15-25)20-29(34)32-18-16-31(17-19-32)22-28-30-26-10-6-7-11-27(26)33(28)21-24-8-4-3-5-9-24/h3-15H,2,16-22H2,1H3. The molecule has 0 saturated carbocycles. The van der Waals surface area contributed by atoms with Crippen molar-refractivity contribution in [2.75, 3.05) is 32.8 Å². The van der Waals surface area contributed by atoms with Gasteiger partial charge >= 0.3 is 0 Å². The highest BCUT2D eigenvalue weighted by atomic mass is 16.5. The van der Waals surface area contributed by atoms with Crippen LogP contribution in [-0.4, -0.2) is 58.0 Å². The fourth-order valence-corrected chi connectivity index (χ4v) is 4.70. The topological polar surface area (TPSA) is 50.6 Å². The van der Waals surface area contributed by atoms with Crippen LogP contribution in [0.4, 0.5) is 0 Å². The van der Waals surface area contributed by atoms with E-state index in [1.165, 1.54) is 5.56 Å². The van der Waals surface area contributed by atoms with Crippen molar-refractivity contribution in [1.29, 1.82) is 0 Å². The molecule has 0 bridgehead atoms. The van der Waals surface area contributed by atoms with Crippen molar-refractivity contribution in [1.82, 2.24) is 19.4 Å². The molecule has 1 amide bonds. The molecule has 0 N–H and O–H groups in total. The van der Waals surface area contributed by atoms with Crippen LogP contribution >= 0.6 is 0 Å². The summed E-state index contributed by atoms with van der Waals surface area (Å²) in [4.78, 5) is 22.2. The zero-order chi connectivity index (χ0) is 24.0.